The molecule has 1 aliphatic heterocycles. The molecule has 42 valence electrons. The lowest BCUT2D eigenvalue weighted by Gasteiger charge is -2.07. The lowest BCUT2D eigenvalue weighted by Crippen LogP contribution is -2.12. The standard InChI is InChI=1S/C5H11N2/c6-3-5-1-2-7-4-5/h5H,1-4,6H2/q-1. The largest absolute Gasteiger partial charge is 0.662 e. The molecule has 2 nitrogen and oxygen atoms in total. The van der Waals surface area contributed by atoms with Gasteiger partial charge in [0.2, 0.25) is 0 Å². The zero-order valence-electron chi connectivity index (χ0n) is 4.43. The zero-order valence-corrected chi connectivity index (χ0v) is 4.43. The molecule has 1 heterocycles. The quantitative estimate of drug-likeness (QED) is 0.506. The summed E-state index contributed by atoms with van der Waals surface area (Å²) in [5, 5.41) is 4.16. The molecule has 1 rings (SSSR count). The molecule has 1 fully saturated rings. The van der Waals surface area contributed by atoms with Gasteiger partial charge in [0.15, 0.2) is 0 Å². The minimum Gasteiger partial charge on any atom is -0.662 e. The number of nitrogens with two attached hydrogens (primary N) is 1. The Morgan fingerprint density at radius 1 is 1.71 bits per heavy atom. The molecule has 0 aromatic heterocycles. The summed E-state index contributed by atoms with van der Waals surface area (Å²) in [5.41, 5.74) is 5.37. The predicted octanol–water partition coefficient (Wildman–Crippen LogP) is 0.339. The molecule has 1 unspecified atom stereocenters. The first-order valence-corrected chi connectivity index (χ1v) is 2.77. The number of nitrogens with zero attached hydrogens (tertiary/aromatic N) is 1. The monoisotopic (exact) mass is 99.1 g/mol. The maximum absolute atomic E-state index is 5.37. The summed E-state index contributed by atoms with van der Waals surface area (Å²) >= 11 is 0. The van der Waals surface area contributed by atoms with Gasteiger partial charge in [-0.2, -0.15) is 0 Å². The van der Waals surface area contributed by atoms with Crippen LogP contribution in [0.15, 0.2) is 0 Å². The molecular weight excluding hydrogens is 88.1 g/mol. The molecule has 2 N–H and O–H groups in total. The van der Waals surface area contributed by atoms with Crippen LogP contribution in [0.3, 0.4) is 0 Å². The average molecular weight is 99.2 g/mol. The van der Waals surface area contributed by atoms with Crippen LogP contribution in [0.25, 0.3) is 5.32 Å². The third-order valence-electron chi connectivity index (χ3n) is 1.42. The van der Waals surface area contributed by atoms with E-state index in [0.717, 1.165) is 19.6 Å². The molecule has 0 spiro atoms. The van der Waals surface area contributed by atoms with Gasteiger partial charge in [0, 0.05) is 0 Å². The molecule has 1 saturated heterocycles. The number of hydrogen-bond donors (Lipinski definition) is 1. The van der Waals surface area contributed by atoms with Crippen molar-refractivity contribution in [2.24, 2.45) is 11.7 Å². The van der Waals surface area contributed by atoms with E-state index >= 15 is 0 Å². The molecule has 0 aromatic carbocycles. The summed E-state index contributed by atoms with van der Waals surface area (Å²) in [6, 6.07) is 0. The molecule has 7 heavy (non-hydrogen) atoms. The van der Waals surface area contributed by atoms with Crippen molar-refractivity contribution in [3.63, 3.8) is 0 Å². The molecule has 0 amide bonds. The van der Waals surface area contributed by atoms with E-state index in [4.69, 9.17) is 5.73 Å². The van der Waals surface area contributed by atoms with Crippen molar-refractivity contribution in [3.05, 3.63) is 5.32 Å². The van der Waals surface area contributed by atoms with Gasteiger partial charge < -0.3 is 11.1 Å². The van der Waals surface area contributed by atoms with Crippen LogP contribution in [-0.4, -0.2) is 19.6 Å². The van der Waals surface area contributed by atoms with E-state index in [1.807, 2.05) is 0 Å². The summed E-state index contributed by atoms with van der Waals surface area (Å²) in [4.78, 5) is 0. The Morgan fingerprint density at radius 3 is 2.86 bits per heavy atom. The van der Waals surface area contributed by atoms with Gasteiger partial charge in [-0.1, -0.05) is 6.42 Å². The van der Waals surface area contributed by atoms with Crippen molar-refractivity contribution in [2.75, 3.05) is 19.6 Å². The molecule has 0 saturated carbocycles. The normalized spacial score (nSPS) is 31.3. The molecule has 0 bridgehead atoms. The van der Waals surface area contributed by atoms with E-state index < -0.39 is 0 Å². The third-order valence-corrected chi connectivity index (χ3v) is 1.42. The highest BCUT2D eigenvalue weighted by Gasteiger charge is 2.01. The summed E-state index contributed by atoms with van der Waals surface area (Å²) in [6.45, 7) is 2.88. The molecule has 1 aliphatic rings. The summed E-state index contributed by atoms with van der Waals surface area (Å²) in [6.07, 6.45) is 1.22. The summed E-state index contributed by atoms with van der Waals surface area (Å²) in [7, 11) is 0. The topological polar surface area (TPSA) is 40.1 Å². The Hall–Kier alpha value is -0.0800. The first-order chi connectivity index (χ1) is 3.43. The highest BCUT2D eigenvalue weighted by Crippen LogP contribution is 2.14. The Bertz CT molecular complexity index is 48.0. The van der Waals surface area contributed by atoms with Crippen LogP contribution in [0.1, 0.15) is 6.42 Å². The van der Waals surface area contributed by atoms with E-state index in [9.17, 15) is 0 Å². The second kappa shape index (κ2) is 2.28. The van der Waals surface area contributed by atoms with E-state index in [1.165, 1.54) is 6.42 Å². The Labute approximate surface area is 44.1 Å². The van der Waals surface area contributed by atoms with E-state index in [2.05, 4.69) is 5.32 Å². The molecular formula is C5H11N2-. The van der Waals surface area contributed by atoms with E-state index in [-0.39, 0.29) is 0 Å². The van der Waals surface area contributed by atoms with Crippen molar-refractivity contribution >= 4 is 0 Å². The molecule has 0 radical (unpaired) electrons. The van der Waals surface area contributed by atoms with Gasteiger partial charge in [-0.05, 0) is 12.5 Å². The van der Waals surface area contributed by atoms with Crippen LogP contribution >= 0.6 is 0 Å². The Morgan fingerprint density at radius 2 is 2.57 bits per heavy atom. The van der Waals surface area contributed by atoms with Gasteiger partial charge in [-0.25, -0.2) is 0 Å². The average Bonchev–Trinajstić information content (AvgIpc) is 2.14. The van der Waals surface area contributed by atoms with Crippen molar-refractivity contribution in [1.29, 1.82) is 0 Å². The first kappa shape index (κ1) is 5.06. The van der Waals surface area contributed by atoms with Gasteiger partial charge >= 0.3 is 0 Å². The zero-order chi connectivity index (χ0) is 5.11. The van der Waals surface area contributed by atoms with Crippen LogP contribution in [0, 0.1) is 5.92 Å². The highest BCUT2D eigenvalue weighted by molar-refractivity contribution is 4.92. The van der Waals surface area contributed by atoms with Crippen molar-refractivity contribution in [2.45, 2.75) is 6.42 Å². The van der Waals surface area contributed by atoms with Crippen LogP contribution in [0.2, 0.25) is 0 Å². The lowest BCUT2D eigenvalue weighted by molar-refractivity contribution is 0.608. The highest BCUT2D eigenvalue weighted by atomic mass is 14.9. The van der Waals surface area contributed by atoms with Crippen molar-refractivity contribution in [3.8, 4) is 0 Å². The van der Waals surface area contributed by atoms with E-state index in [1.54, 1.807) is 0 Å². The first-order valence-electron chi connectivity index (χ1n) is 2.77. The second-order valence-electron chi connectivity index (χ2n) is 2.02. The SMILES string of the molecule is NCC1CC[N-]C1. The van der Waals surface area contributed by atoms with Crippen LogP contribution in [0.4, 0.5) is 0 Å². The minimum absolute atomic E-state index is 0.708. The molecule has 1 atom stereocenters. The lowest BCUT2D eigenvalue weighted by atomic mass is 10.1. The molecule has 2 heteroatoms. The fraction of sp³-hybridized carbons (Fsp3) is 1.00. The number of rotatable bonds is 1. The summed E-state index contributed by atoms with van der Waals surface area (Å²) in [5.74, 6) is 0.708. The van der Waals surface area contributed by atoms with Gasteiger partial charge in [0.05, 0.1) is 0 Å². The second-order valence-corrected chi connectivity index (χ2v) is 2.02. The van der Waals surface area contributed by atoms with Crippen LogP contribution < -0.4 is 5.73 Å². The van der Waals surface area contributed by atoms with Gasteiger partial charge in [0.1, 0.15) is 0 Å². The van der Waals surface area contributed by atoms with Gasteiger partial charge in [-0.15, -0.1) is 13.1 Å². The van der Waals surface area contributed by atoms with Crippen LogP contribution in [0.5, 0.6) is 0 Å². The smallest absolute Gasteiger partial charge is 0.00659 e. The molecule has 0 aliphatic carbocycles. The fourth-order valence-corrected chi connectivity index (χ4v) is 0.831. The Balaban J connectivity index is 2.14. The Kier molecular flexibility index (Phi) is 1.65. The number of hydrogen-bond acceptors (Lipinski definition) is 1. The summed E-state index contributed by atoms with van der Waals surface area (Å²) < 4.78 is 0. The fourth-order valence-electron chi connectivity index (χ4n) is 0.831. The maximum Gasteiger partial charge on any atom is -0.00659 e. The third kappa shape index (κ3) is 1.14. The minimum atomic E-state index is 0.708. The predicted molar refractivity (Wildman–Crippen MR) is 30.3 cm³/mol. The van der Waals surface area contributed by atoms with E-state index in [0.29, 0.717) is 5.92 Å². The van der Waals surface area contributed by atoms with Crippen LogP contribution in [-0.2, 0) is 0 Å². The van der Waals surface area contributed by atoms with Gasteiger partial charge in [-0.3, -0.25) is 0 Å². The maximum atomic E-state index is 5.37. The molecule has 0 aromatic rings. The van der Waals surface area contributed by atoms with Gasteiger partial charge in [0.25, 0.3) is 0 Å². The van der Waals surface area contributed by atoms with Crippen molar-refractivity contribution in [1.82, 2.24) is 0 Å². The van der Waals surface area contributed by atoms with Crippen molar-refractivity contribution < 1.29 is 0 Å².